The number of aromatic nitrogens is 1. The minimum atomic E-state index is -0.824. The fourth-order valence-electron chi connectivity index (χ4n) is 4.14. The number of esters is 2. The van der Waals surface area contributed by atoms with Gasteiger partial charge in [0.25, 0.3) is 0 Å². The Morgan fingerprint density at radius 1 is 0.872 bits per heavy atom. The van der Waals surface area contributed by atoms with Gasteiger partial charge in [-0.05, 0) is 55.2 Å². The smallest absolute Gasteiger partial charge is 0.309 e. The molecule has 0 bridgehead atoms. The molecule has 0 aliphatic rings. The second-order valence-corrected chi connectivity index (χ2v) is 9.38. The second kappa shape index (κ2) is 13.6. The van der Waals surface area contributed by atoms with Gasteiger partial charge in [-0.3, -0.25) is 14.4 Å². The molecule has 9 heteroatoms. The van der Waals surface area contributed by atoms with Gasteiger partial charge in [0.1, 0.15) is 17.7 Å². The molecule has 1 unspecified atom stereocenters. The Hall–Kier alpha value is -4.14. The first-order chi connectivity index (χ1) is 18.6. The molecule has 0 saturated heterocycles. The summed E-state index contributed by atoms with van der Waals surface area (Å²) in [7, 11) is 1.37. The first kappa shape index (κ1) is 29.4. The quantitative estimate of drug-likeness (QED) is 0.221. The molecule has 0 fully saturated rings. The Balaban J connectivity index is 1.72. The lowest BCUT2D eigenvalue weighted by Gasteiger charge is -2.26. The summed E-state index contributed by atoms with van der Waals surface area (Å²) in [6.45, 7) is 4.51. The lowest BCUT2D eigenvalue weighted by atomic mass is 9.88. The van der Waals surface area contributed by atoms with Gasteiger partial charge in [0.05, 0.1) is 13.0 Å². The molecular formula is C30H31F2NO6. The molecular weight excluding hydrogens is 508 g/mol. The van der Waals surface area contributed by atoms with Crippen LogP contribution in [0.3, 0.4) is 0 Å². The van der Waals surface area contributed by atoms with E-state index in [4.69, 9.17) is 14.2 Å². The van der Waals surface area contributed by atoms with Crippen molar-refractivity contribution in [1.29, 1.82) is 0 Å². The van der Waals surface area contributed by atoms with Gasteiger partial charge < -0.3 is 14.2 Å². The number of carbonyl (C=O) groups is 3. The standard InChI is InChI=1S/C30H31F2NO6/c1-18(15-26(35)28-29(39-20(3)34)27(37-4)13-14-33-28)30(36)38-19(2)23(16-21-5-9-24(31)10-6-21)17-22-7-11-25(32)12-8-22/h5-14,18-19,23H,15-17H2,1-4H3/t18-,19?/m1/s1. The summed E-state index contributed by atoms with van der Waals surface area (Å²) in [5.74, 6) is -3.43. The molecule has 7 nitrogen and oxygen atoms in total. The van der Waals surface area contributed by atoms with Crippen molar-refractivity contribution in [2.45, 2.75) is 46.1 Å². The molecule has 0 saturated carbocycles. The summed E-state index contributed by atoms with van der Waals surface area (Å²) < 4.78 is 42.9. The van der Waals surface area contributed by atoms with Gasteiger partial charge >= 0.3 is 11.9 Å². The third-order valence-corrected chi connectivity index (χ3v) is 6.28. The lowest BCUT2D eigenvalue weighted by Crippen LogP contribution is -2.30. The predicted octanol–water partition coefficient (Wildman–Crippen LogP) is 5.54. The second-order valence-electron chi connectivity index (χ2n) is 9.38. The van der Waals surface area contributed by atoms with Gasteiger partial charge in [0, 0.05) is 31.5 Å². The van der Waals surface area contributed by atoms with Crippen LogP contribution in [0.25, 0.3) is 0 Å². The van der Waals surface area contributed by atoms with E-state index in [-0.39, 0.29) is 41.2 Å². The third kappa shape index (κ3) is 8.43. The van der Waals surface area contributed by atoms with Gasteiger partial charge in [-0.15, -0.1) is 0 Å². The van der Waals surface area contributed by atoms with E-state index in [0.29, 0.717) is 12.8 Å². The molecule has 2 atom stereocenters. The summed E-state index contributed by atoms with van der Waals surface area (Å²) in [5.41, 5.74) is 1.59. The highest BCUT2D eigenvalue weighted by molar-refractivity contribution is 5.99. The van der Waals surface area contributed by atoms with E-state index in [0.717, 1.165) is 11.1 Å². The van der Waals surface area contributed by atoms with Crippen LogP contribution in [0.5, 0.6) is 11.5 Å². The molecule has 1 aromatic heterocycles. The number of Topliss-reactive ketones (excluding diaryl/α,β-unsaturated/α-hetero) is 1. The highest BCUT2D eigenvalue weighted by Gasteiger charge is 2.28. The first-order valence-corrected chi connectivity index (χ1v) is 12.5. The van der Waals surface area contributed by atoms with Crippen molar-refractivity contribution >= 4 is 17.7 Å². The molecule has 3 rings (SSSR count). The average molecular weight is 540 g/mol. The zero-order chi connectivity index (χ0) is 28.5. The normalized spacial score (nSPS) is 12.5. The van der Waals surface area contributed by atoms with E-state index in [1.54, 1.807) is 38.1 Å². The summed E-state index contributed by atoms with van der Waals surface area (Å²) in [5, 5.41) is 0. The van der Waals surface area contributed by atoms with Crippen LogP contribution in [-0.4, -0.2) is 35.9 Å². The van der Waals surface area contributed by atoms with Gasteiger partial charge in [-0.2, -0.15) is 0 Å². The van der Waals surface area contributed by atoms with Crippen LogP contribution in [0.4, 0.5) is 8.78 Å². The Labute approximate surface area is 226 Å². The molecule has 39 heavy (non-hydrogen) atoms. The van der Waals surface area contributed by atoms with Crippen molar-refractivity contribution in [2.75, 3.05) is 7.11 Å². The molecule has 206 valence electrons. The molecule has 1 heterocycles. The van der Waals surface area contributed by atoms with Gasteiger partial charge in [-0.1, -0.05) is 31.2 Å². The fraction of sp³-hybridized carbons (Fsp3) is 0.333. The van der Waals surface area contributed by atoms with Crippen molar-refractivity contribution in [1.82, 2.24) is 4.98 Å². The number of pyridine rings is 1. The zero-order valence-electron chi connectivity index (χ0n) is 22.3. The predicted molar refractivity (Wildman–Crippen MR) is 139 cm³/mol. The Kier molecular flexibility index (Phi) is 10.3. The molecule has 0 N–H and O–H groups in total. The monoisotopic (exact) mass is 539 g/mol. The molecule has 0 aliphatic heterocycles. The van der Waals surface area contributed by atoms with Crippen molar-refractivity contribution < 1.29 is 37.4 Å². The maximum atomic E-state index is 13.4. The van der Waals surface area contributed by atoms with Crippen molar-refractivity contribution in [2.24, 2.45) is 11.8 Å². The van der Waals surface area contributed by atoms with Crippen LogP contribution < -0.4 is 9.47 Å². The van der Waals surface area contributed by atoms with E-state index in [2.05, 4.69) is 4.98 Å². The number of methoxy groups -OCH3 is 1. The first-order valence-electron chi connectivity index (χ1n) is 12.5. The van der Waals surface area contributed by atoms with E-state index in [1.807, 2.05) is 0 Å². The van der Waals surface area contributed by atoms with Crippen molar-refractivity contribution in [3.63, 3.8) is 0 Å². The topological polar surface area (TPSA) is 91.8 Å². The number of halogens is 2. The molecule has 2 aromatic carbocycles. The number of benzene rings is 2. The van der Waals surface area contributed by atoms with Crippen LogP contribution in [-0.2, 0) is 27.2 Å². The molecule has 0 radical (unpaired) electrons. The molecule has 0 aliphatic carbocycles. The van der Waals surface area contributed by atoms with Crippen LogP contribution in [0.2, 0.25) is 0 Å². The summed E-state index contributed by atoms with van der Waals surface area (Å²) in [4.78, 5) is 41.6. The number of rotatable bonds is 12. The minimum absolute atomic E-state index is 0.106. The lowest BCUT2D eigenvalue weighted by molar-refractivity contribution is -0.155. The minimum Gasteiger partial charge on any atom is -0.493 e. The number of nitrogens with zero attached hydrogens (tertiary/aromatic N) is 1. The summed E-state index contributed by atoms with van der Waals surface area (Å²) in [6.07, 6.45) is 1.51. The summed E-state index contributed by atoms with van der Waals surface area (Å²) in [6, 6.07) is 13.6. The van der Waals surface area contributed by atoms with Crippen LogP contribution in [0.15, 0.2) is 60.8 Å². The number of hydrogen-bond donors (Lipinski definition) is 0. The average Bonchev–Trinajstić information content (AvgIpc) is 2.90. The largest absolute Gasteiger partial charge is 0.493 e. The Morgan fingerprint density at radius 3 is 1.90 bits per heavy atom. The highest BCUT2D eigenvalue weighted by Crippen LogP contribution is 2.31. The maximum Gasteiger partial charge on any atom is 0.309 e. The molecule has 0 spiro atoms. The van der Waals surface area contributed by atoms with Gasteiger partial charge in [-0.25, -0.2) is 13.8 Å². The zero-order valence-corrected chi connectivity index (χ0v) is 22.3. The maximum absolute atomic E-state index is 13.4. The SMILES string of the molecule is COc1ccnc(C(=O)C[C@@H](C)C(=O)OC(C)C(Cc2ccc(F)cc2)Cc2ccc(F)cc2)c1OC(C)=O. The molecule has 0 amide bonds. The van der Waals surface area contributed by atoms with Crippen LogP contribution >= 0.6 is 0 Å². The summed E-state index contributed by atoms with van der Waals surface area (Å²) >= 11 is 0. The van der Waals surface area contributed by atoms with E-state index >= 15 is 0 Å². The fourth-order valence-corrected chi connectivity index (χ4v) is 4.14. The highest BCUT2D eigenvalue weighted by atomic mass is 19.1. The number of hydrogen-bond acceptors (Lipinski definition) is 7. The van der Waals surface area contributed by atoms with Crippen molar-refractivity contribution in [3.8, 4) is 11.5 Å². The number of ether oxygens (including phenoxy) is 3. The van der Waals surface area contributed by atoms with Gasteiger partial charge in [0.15, 0.2) is 17.2 Å². The third-order valence-electron chi connectivity index (χ3n) is 6.28. The van der Waals surface area contributed by atoms with Crippen LogP contribution in [0, 0.1) is 23.5 Å². The van der Waals surface area contributed by atoms with Gasteiger partial charge in [0.2, 0.25) is 5.75 Å². The van der Waals surface area contributed by atoms with Crippen LogP contribution in [0.1, 0.15) is 48.8 Å². The van der Waals surface area contributed by atoms with E-state index in [9.17, 15) is 23.2 Å². The Morgan fingerprint density at radius 2 is 1.41 bits per heavy atom. The molecule has 3 aromatic rings. The van der Waals surface area contributed by atoms with E-state index < -0.39 is 29.7 Å². The Bertz CT molecular complexity index is 1250. The number of carbonyl (C=O) groups excluding carboxylic acids is 3. The van der Waals surface area contributed by atoms with E-state index in [1.165, 1.54) is 50.6 Å². The van der Waals surface area contributed by atoms with Crippen molar-refractivity contribution in [3.05, 3.63) is 89.2 Å². The number of ketones is 1.